The van der Waals surface area contributed by atoms with Crippen LogP contribution >= 0.6 is 0 Å². The molecule has 0 spiro atoms. The van der Waals surface area contributed by atoms with Crippen molar-refractivity contribution in [2.24, 2.45) is 0 Å². The topological polar surface area (TPSA) is 18.5 Å². The number of alkyl halides is 2. The van der Waals surface area contributed by atoms with E-state index in [4.69, 9.17) is 9.47 Å². The minimum Gasteiger partial charge on any atom is -0.497 e. The third kappa shape index (κ3) is 3.77. The molecule has 3 aromatic carbocycles. The fourth-order valence-corrected chi connectivity index (χ4v) is 2.81. The van der Waals surface area contributed by atoms with Gasteiger partial charge in [-0.1, -0.05) is 19.4 Å². The van der Waals surface area contributed by atoms with E-state index in [2.05, 4.69) is 0 Å². The first-order valence-corrected chi connectivity index (χ1v) is 8.36. The summed E-state index contributed by atoms with van der Waals surface area (Å²) in [7, 11) is 1.46. The number of aryl methyl sites for hydroxylation is 1. The summed E-state index contributed by atoms with van der Waals surface area (Å²) >= 11 is 0. The smallest absolute Gasteiger partial charge is 0.426 e. The highest BCUT2D eigenvalue weighted by molar-refractivity contribution is 5.84. The lowest BCUT2D eigenvalue weighted by Gasteiger charge is -2.19. The van der Waals surface area contributed by atoms with Gasteiger partial charge in [0.2, 0.25) is 0 Å². The fraction of sp³-hybridized carbons (Fsp3) is 0.238. The van der Waals surface area contributed by atoms with Gasteiger partial charge in [0, 0.05) is 0 Å². The minimum atomic E-state index is -3.51. The Labute approximate surface area is 150 Å². The van der Waals surface area contributed by atoms with Gasteiger partial charge in [0.1, 0.15) is 17.3 Å². The first-order chi connectivity index (χ1) is 12.4. The molecule has 0 amide bonds. The monoisotopic (exact) mass is 360 g/mol. The van der Waals surface area contributed by atoms with Crippen molar-refractivity contribution in [3.63, 3.8) is 0 Å². The summed E-state index contributed by atoms with van der Waals surface area (Å²) < 4.78 is 52.7. The van der Waals surface area contributed by atoms with Gasteiger partial charge in [0.25, 0.3) is 0 Å². The van der Waals surface area contributed by atoms with Gasteiger partial charge in [0.15, 0.2) is 0 Å². The van der Waals surface area contributed by atoms with Gasteiger partial charge in [-0.2, -0.15) is 8.78 Å². The highest BCUT2D eigenvalue weighted by atomic mass is 19.3. The van der Waals surface area contributed by atoms with Crippen molar-refractivity contribution >= 4 is 10.8 Å². The van der Waals surface area contributed by atoms with Crippen LogP contribution in [0.4, 0.5) is 13.2 Å². The number of rotatable bonds is 6. The second-order valence-corrected chi connectivity index (χ2v) is 6.05. The number of methoxy groups -OCH3 is 1. The lowest BCUT2D eigenvalue weighted by atomic mass is 10.0. The largest absolute Gasteiger partial charge is 0.497 e. The highest BCUT2D eigenvalue weighted by Crippen LogP contribution is 2.34. The Morgan fingerprint density at radius 1 is 0.885 bits per heavy atom. The molecule has 0 saturated heterocycles. The van der Waals surface area contributed by atoms with Gasteiger partial charge in [-0.15, -0.1) is 0 Å². The molecule has 5 heteroatoms. The molecule has 26 heavy (non-hydrogen) atoms. The van der Waals surface area contributed by atoms with Crippen LogP contribution in [0.2, 0.25) is 0 Å². The molecule has 0 aromatic heterocycles. The number of benzene rings is 3. The SMILES string of the molecule is CCCc1cc2ccc(OC(F)(F)c3ccc(OC)cc3)cc2cc1F. The van der Waals surface area contributed by atoms with Crippen LogP contribution in [0.1, 0.15) is 24.5 Å². The Balaban J connectivity index is 1.88. The average molecular weight is 360 g/mol. The van der Waals surface area contributed by atoms with Gasteiger partial charge >= 0.3 is 6.11 Å². The molecule has 0 saturated carbocycles. The summed E-state index contributed by atoms with van der Waals surface area (Å²) in [6.45, 7) is 1.97. The molecule has 3 aromatic rings. The van der Waals surface area contributed by atoms with Gasteiger partial charge in [-0.25, -0.2) is 4.39 Å². The van der Waals surface area contributed by atoms with Crippen LogP contribution in [0, 0.1) is 5.82 Å². The van der Waals surface area contributed by atoms with Gasteiger partial charge in [-0.05, 0) is 71.3 Å². The maximum Gasteiger partial charge on any atom is 0.426 e. The molecule has 0 bridgehead atoms. The molecule has 0 heterocycles. The summed E-state index contributed by atoms with van der Waals surface area (Å²) in [6, 6.07) is 13.0. The zero-order valence-electron chi connectivity index (χ0n) is 14.6. The zero-order chi connectivity index (χ0) is 18.7. The zero-order valence-corrected chi connectivity index (χ0v) is 14.6. The van der Waals surface area contributed by atoms with Crippen molar-refractivity contribution in [1.82, 2.24) is 0 Å². The van der Waals surface area contributed by atoms with Crippen molar-refractivity contribution in [2.75, 3.05) is 7.11 Å². The third-order valence-corrected chi connectivity index (χ3v) is 4.17. The minimum absolute atomic E-state index is 0.0269. The molecular formula is C21H19F3O2. The Bertz CT molecular complexity index is 905. The van der Waals surface area contributed by atoms with E-state index in [9.17, 15) is 13.2 Å². The maximum atomic E-state index is 14.4. The van der Waals surface area contributed by atoms with Crippen LogP contribution in [0.15, 0.2) is 54.6 Å². The molecule has 2 nitrogen and oxygen atoms in total. The molecule has 3 rings (SSSR count). The Morgan fingerprint density at radius 2 is 1.58 bits per heavy atom. The van der Waals surface area contributed by atoms with E-state index >= 15 is 0 Å². The van der Waals surface area contributed by atoms with E-state index in [0.717, 1.165) is 11.8 Å². The molecule has 0 aliphatic carbocycles. The average Bonchev–Trinajstić information content (AvgIpc) is 2.62. The first-order valence-electron chi connectivity index (χ1n) is 8.36. The summed E-state index contributed by atoms with van der Waals surface area (Å²) in [4.78, 5) is 0. The predicted octanol–water partition coefficient (Wildman–Crippen LogP) is 6.07. The van der Waals surface area contributed by atoms with E-state index in [1.54, 1.807) is 12.1 Å². The summed E-state index contributed by atoms with van der Waals surface area (Å²) in [5, 5.41) is 1.31. The normalized spacial score (nSPS) is 11.6. The molecule has 0 atom stereocenters. The fourth-order valence-electron chi connectivity index (χ4n) is 2.81. The summed E-state index contributed by atoms with van der Waals surface area (Å²) in [5.41, 5.74) is 0.333. The van der Waals surface area contributed by atoms with E-state index in [1.165, 1.54) is 49.6 Å². The predicted molar refractivity (Wildman–Crippen MR) is 95.4 cm³/mol. The Kier molecular flexibility index (Phi) is 5.07. The van der Waals surface area contributed by atoms with Crippen molar-refractivity contribution in [2.45, 2.75) is 25.9 Å². The Hall–Kier alpha value is -2.69. The molecule has 0 aliphatic heterocycles. The lowest BCUT2D eigenvalue weighted by molar-refractivity contribution is -0.185. The first kappa shape index (κ1) is 18.1. The van der Waals surface area contributed by atoms with Crippen LogP contribution in [0.5, 0.6) is 11.5 Å². The van der Waals surface area contributed by atoms with E-state index in [1.807, 2.05) is 6.92 Å². The van der Waals surface area contributed by atoms with Crippen molar-refractivity contribution in [3.8, 4) is 11.5 Å². The molecule has 0 radical (unpaired) electrons. The van der Waals surface area contributed by atoms with Gasteiger partial charge in [-0.3, -0.25) is 0 Å². The van der Waals surface area contributed by atoms with Crippen LogP contribution < -0.4 is 9.47 Å². The molecule has 0 unspecified atom stereocenters. The number of hydrogen-bond acceptors (Lipinski definition) is 2. The van der Waals surface area contributed by atoms with E-state index in [0.29, 0.717) is 23.1 Å². The quantitative estimate of drug-likeness (QED) is 0.531. The Morgan fingerprint density at radius 3 is 2.23 bits per heavy atom. The number of fused-ring (bicyclic) bond motifs is 1. The van der Waals surface area contributed by atoms with E-state index < -0.39 is 6.11 Å². The van der Waals surface area contributed by atoms with E-state index in [-0.39, 0.29) is 17.1 Å². The van der Waals surface area contributed by atoms with Crippen molar-refractivity contribution in [3.05, 3.63) is 71.5 Å². The second-order valence-electron chi connectivity index (χ2n) is 6.05. The third-order valence-electron chi connectivity index (χ3n) is 4.17. The molecule has 0 N–H and O–H groups in total. The van der Waals surface area contributed by atoms with Crippen LogP contribution in [0.25, 0.3) is 10.8 Å². The molecular weight excluding hydrogens is 341 g/mol. The highest BCUT2D eigenvalue weighted by Gasteiger charge is 2.34. The van der Waals surface area contributed by atoms with Crippen molar-refractivity contribution in [1.29, 1.82) is 0 Å². The number of hydrogen-bond donors (Lipinski definition) is 0. The number of halogens is 3. The number of ether oxygens (including phenoxy) is 2. The van der Waals surface area contributed by atoms with Gasteiger partial charge < -0.3 is 9.47 Å². The molecule has 0 aliphatic rings. The van der Waals surface area contributed by atoms with Crippen LogP contribution in [0.3, 0.4) is 0 Å². The standard InChI is InChI=1S/C21H19F3O2/c1-3-4-15-11-14-5-8-19(12-16(14)13-20(15)22)26-21(23,24)17-6-9-18(25-2)10-7-17/h5-13H,3-4H2,1-2H3. The second kappa shape index (κ2) is 7.28. The molecule has 0 fully saturated rings. The lowest BCUT2D eigenvalue weighted by Crippen LogP contribution is -2.21. The molecule has 136 valence electrons. The van der Waals surface area contributed by atoms with Gasteiger partial charge in [0.05, 0.1) is 12.7 Å². The maximum absolute atomic E-state index is 14.4. The van der Waals surface area contributed by atoms with Crippen LogP contribution in [-0.4, -0.2) is 7.11 Å². The summed E-state index contributed by atoms with van der Waals surface area (Å²) in [5.74, 6) is 0.119. The summed E-state index contributed by atoms with van der Waals surface area (Å²) in [6.07, 6.45) is -2.05. The van der Waals surface area contributed by atoms with Crippen LogP contribution in [-0.2, 0) is 12.5 Å². The van der Waals surface area contributed by atoms with Crippen molar-refractivity contribution < 1.29 is 22.6 Å².